The molecule has 0 aliphatic heterocycles. The van der Waals surface area contributed by atoms with Crippen LogP contribution in [0.1, 0.15) is 13.8 Å². The summed E-state index contributed by atoms with van der Waals surface area (Å²) in [5.74, 6) is 2.93. The zero-order valence-electron chi connectivity index (χ0n) is 19.2. The lowest BCUT2D eigenvalue weighted by molar-refractivity contribution is 0.399. The van der Waals surface area contributed by atoms with Crippen LogP contribution in [-0.2, 0) is 0 Å². The molecule has 0 saturated heterocycles. The molecule has 3 rings (SSSR count). The number of para-hydroxylation sites is 1. The Morgan fingerprint density at radius 1 is 0.688 bits per heavy atom. The van der Waals surface area contributed by atoms with Crippen LogP contribution in [0.2, 0.25) is 0 Å². The van der Waals surface area contributed by atoms with E-state index in [2.05, 4.69) is 13.8 Å². The summed E-state index contributed by atoms with van der Waals surface area (Å²) in [5.41, 5.74) is 0. The SMILES string of the molecule is COc1cccc(OC)c1P(c1cccc(SC(C)C)c1O)c1c(OC)cccc1OC. The number of rotatable bonds is 9. The molecule has 1 N–H and O–H groups in total. The first-order valence-electron chi connectivity index (χ1n) is 10.2. The molecule has 3 aromatic carbocycles. The number of aromatic hydroxyl groups is 1. The summed E-state index contributed by atoms with van der Waals surface area (Å²) in [5, 5.41) is 14.2. The third-order valence-electron chi connectivity index (χ3n) is 4.83. The van der Waals surface area contributed by atoms with E-state index in [1.807, 2.05) is 54.6 Å². The second kappa shape index (κ2) is 10.8. The Morgan fingerprint density at radius 2 is 1.09 bits per heavy atom. The Hall–Kier alpha value is -2.56. The molecule has 170 valence electrons. The maximum absolute atomic E-state index is 11.4. The molecule has 0 aliphatic carbocycles. The van der Waals surface area contributed by atoms with E-state index in [0.717, 1.165) is 20.8 Å². The van der Waals surface area contributed by atoms with Gasteiger partial charge in [-0.25, -0.2) is 0 Å². The minimum Gasteiger partial charge on any atom is -0.506 e. The molecular formula is C25H29O5PS. The highest BCUT2D eigenvalue weighted by Gasteiger charge is 2.32. The number of hydrogen-bond acceptors (Lipinski definition) is 6. The highest BCUT2D eigenvalue weighted by atomic mass is 32.2. The molecule has 0 radical (unpaired) electrons. The van der Waals surface area contributed by atoms with E-state index in [4.69, 9.17) is 18.9 Å². The topological polar surface area (TPSA) is 57.2 Å². The third-order valence-corrected chi connectivity index (χ3v) is 8.51. The molecule has 0 aromatic heterocycles. The van der Waals surface area contributed by atoms with Crippen molar-refractivity contribution in [1.82, 2.24) is 0 Å². The van der Waals surface area contributed by atoms with Crippen molar-refractivity contribution >= 4 is 35.6 Å². The molecule has 0 saturated carbocycles. The van der Waals surface area contributed by atoms with E-state index in [1.165, 1.54) is 0 Å². The van der Waals surface area contributed by atoms with Crippen LogP contribution in [-0.4, -0.2) is 38.8 Å². The summed E-state index contributed by atoms with van der Waals surface area (Å²) in [6, 6.07) is 17.2. The van der Waals surface area contributed by atoms with E-state index >= 15 is 0 Å². The number of thioether (sulfide) groups is 1. The number of ether oxygens (including phenoxy) is 4. The molecule has 32 heavy (non-hydrogen) atoms. The molecular weight excluding hydrogens is 443 g/mol. The lowest BCUT2D eigenvalue weighted by Gasteiger charge is -2.27. The van der Waals surface area contributed by atoms with Gasteiger partial charge in [-0.1, -0.05) is 38.1 Å². The Morgan fingerprint density at radius 3 is 1.47 bits per heavy atom. The van der Waals surface area contributed by atoms with Crippen molar-refractivity contribution in [3.63, 3.8) is 0 Å². The van der Waals surface area contributed by atoms with Crippen molar-refractivity contribution < 1.29 is 24.1 Å². The quantitative estimate of drug-likeness (QED) is 0.360. The highest BCUT2D eigenvalue weighted by molar-refractivity contribution is 8.00. The maximum Gasteiger partial charge on any atom is 0.137 e. The fourth-order valence-electron chi connectivity index (χ4n) is 3.50. The van der Waals surface area contributed by atoms with Gasteiger partial charge < -0.3 is 24.1 Å². The molecule has 5 nitrogen and oxygen atoms in total. The Balaban J connectivity index is 2.42. The van der Waals surface area contributed by atoms with Crippen molar-refractivity contribution in [2.45, 2.75) is 24.0 Å². The molecule has 0 spiro atoms. The van der Waals surface area contributed by atoms with E-state index in [1.54, 1.807) is 40.2 Å². The number of benzene rings is 3. The minimum absolute atomic E-state index is 0.248. The first-order chi connectivity index (χ1) is 15.5. The molecule has 0 atom stereocenters. The molecule has 0 unspecified atom stereocenters. The zero-order chi connectivity index (χ0) is 23.3. The van der Waals surface area contributed by atoms with Gasteiger partial charge >= 0.3 is 0 Å². The predicted molar refractivity (Wildman–Crippen MR) is 134 cm³/mol. The monoisotopic (exact) mass is 472 g/mol. The fourth-order valence-corrected chi connectivity index (χ4v) is 7.28. The van der Waals surface area contributed by atoms with Gasteiger partial charge in [-0.2, -0.15) is 0 Å². The first kappa shape index (κ1) is 24.1. The Labute approximate surface area is 195 Å². The molecule has 0 heterocycles. The smallest absolute Gasteiger partial charge is 0.137 e. The lowest BCUT2D eigenvalue weighted by Crippen LogP contribution is -2.26. The van der Waals surface area contributed by atoms with Gasteiger partial charge in [0.15, 0.2) is 0 Å². The van der Waals surface area contributed by atoms with E-state index < -0.39 is 7.92 Å². The van der Waals surface area contributed by atoms with Crippen LogP contribution >= 0.6 is 19.7 Å². The normalized spacial score (nSPS) is 11.0. The van der Waals surface area contributed by atoms with E-state index in [9.17, 15) is 5.11 Å². The van der Waals surface area contributed by atoms with Crippen LogP contribution in [0.5, 0.6) is 28.7 Å². The Kier molecular flexibility index (Phi) is 8.16. The van der Waals surface area contributed by atoms with Crippen molar-refractivity contribution in [1.29, 1.82) is 0 Å². The van der Waals surface area contributed by atoms with Crippen LogP contribution in [0.15, 0.2) is 59.5 Å². The van der Waals surface area contributed by atoms with Gasteiger partial charge in [0.2, 0.25) is 0 Å². The summed E-state index contributed by atoms with van der Waals surface area (Å²) in [7, 11) is 5.16. The van der Waals surface area contributed by atoms with Gasteiger partial charge in [0.1, 0.15) is 28.7 Å². The minimum atomic E-state index is -1.38. The van der Waals surface area contributed by atoms with Gasteiger partial charge in [-0.05, 0) is 30.3 Å². The van der Waals surface area contributed by atoms with Crippen LogP contribution in [0.3, 0.4) is 0 Å². The molecule has 3 aromatic rings. The largest absolute Gasteiger partial charge is 0.506 e. The Bertz CT molecular complexity index is 970. The summed E-state index contributed by atoms with van der Waals surface area (Å²) in [4.78, 5) is 0.827. The average Bonchev–Trinajstić information content (AvgIpc) is 2.81. The number of phenolic OH excluding ortho intramolecular Hbond substituents is 1. The van der Waals surface area contributed by atoms with E-state index in [0.29, 0.717) is 28.2 Å². The summed E-state index contributed by atoms with van der Waals surface area (Å²) in [6.07, 6.45) is 0. The second-order valence-corrected chi connectivity index (χ2v) is 10.8. The zero-order valence-corrected chi connectivity index (χ0v) is 20.9. The van der Waals surface area contributed by atoms with Crippen LogP contribution < -0.4 is 34.9 Å². The third kappa shape index (κ3) is 4.77. The van der Waals surface area contributed by atoms with Gasteiger partial charge in [-0.3, -0.25) is 0 Å². The van der Waals surface area contributed by atoms with Gasteiger partial charge in [0.25, 0.3) is 0 Å². The highest BCUT2D eigenvalue weighted by Crippen LogP contribution is 2.48. The standard InChI is InChI=1S/C25H29O5PS/c1-16(2)32-22-15-9-14-21(23(22)26)31(24-17(27-3)10-7-11-18(24)28-4)25-19(29-5)12-8-13-20(25)30-6/h7-16,26H,1-6H3. The van der Waals surface area contributed by atoms with Crippen molar-refractivity contribution in [2.75, 3.05) is 28.4 Å². The van der Waals surface area contributed by atoms with Crippen LogP contribution in [0, 0.1) is 0 Å². The van der Waals surface area contributed by atoms with Gasteiger partial charge in [-0.15, -0.1) is 11.8 Å². The average molecular weight is 473 g/mol. The maximum atomic E-state index is 11.4. The van der Waals surface area contributed by atoms with Crippen molar-refractivity contribution in [3.8, 4) is 28.7 Å². The molecule has 0 fully saturated rings. The number of hydrogen-bond donors (Lipinski definition) is 1. The molecule has 7 heteroatoms. The second-order valence-electron chi connectivity index (χ2n) is 7.15. The summed E-state index contributed by atoms with van der Waals surface area (Å²) >= 11 is 1.62. The van der Waals surface area contributed by atoms with Crippen LogP contribution in [0.25, 0.3) is 0 Å². The molecule has 0 bridgehead atoms. The van der Waals surface area contributed by atoms with Crippen molar-refractivity contribution in [3.05, 3.63) is 54.6 Å². The first-order valence-corrected chi connectivity index (χ1v) is 12.4. The van der Waals surface area contributed by atoms with Gasteiger partial charge in [0, 0.05) is 18.5 Å². The van der Waals surface area contributed by atoms with Crippen LogP contribution in [0.4, 0.5) is 0 Å². The van der Waals surface area contributed by atoms with Gasteiger partial charge in [0.05, 0.1) is 43.9 Å². The predicted octanol–water partition coefficient (Wildman–Crippen LogP) is 4.69. The molecule has 0 aliphatic rings. The number of phenols is 1. The summed E-state index contributed by atoms with van der Waals surface area (Å²) in [6.45, 7) is 4.21. The molecule has 0 amide bonds. The lowest BCUT2D eigenvalue weighted by atomic mass is 10.3. The van der Waals surface area contributed by atoms with Crippen molar-refractivity contribution in [2.24, 2.45) is 0 Å². The summed E-state index contributed by atoms with van der Waals surface area (Å²) < 4.78 is 23.0. The van der Waals surface area contributed by atoms with E-state index in [-0.39, 0.29) is 5.75 Å². The fraction of sp³-hybridized carbons (Fsp3) is 0.280. The number of methoxy groups -OCH3 is 4.